The van der Waals surface area contributed by atoms with Gasteiger partial charge in [0.15, 0.2) is 0 Å². The lowest BCUT2D eigenvalue weighted by molar-refractivity contribution is -0.0821. The van der Waals surface area contributed by atoms with Crippen molar-refractivity contribution in [3.63, 3.8) is 0 Å². The number of fused-ring (bicyclic) bond motifs is 1. The molecule has 0 aromatic carbocycles. The Labute approximate surface area is 148 Å². The molecule has 3 heterocycles. The van der Waals surface area contributed by atoms with Crippen LogP contribution in [0.2, 0.25) is 0 Å². The highest BCUT2D eigenvalue weighted by atomic mass is 32.2. The molecule has 8 heteroatoms. The number of hydrogen-bond donors (Lipinski definition) is 4. The molecule has 1 saturated carbocycles. The van der Waals surface area contributed by atoms with E-state index in [1.807, 2.05) is 11.8 Å². The van der Waals surface area contributed by atoms with Crippen LogP contribution in [0, 0.1) is 11.8 Å². The fourth-order valence-corrected chi connectivity index (χ4v) is 6.01. The van der Waals surface area contributed by atoms with E-state index >= 15 is 0 Å². The number of hydrazine groups is 2. The van der Waals surface area contributed by atoms with Crippen molar-refractivity contribution < 1.29 is 9.47 Å². The van der Waals surface area contributed by atoms with Gasteiger partial charge in [0.05, 0.1) is 23.7 Å². The topological polar surface area (TPSA) is 69.8 Å². The van der Waals surface area contributed by atoms with E-state index in [2.05, 4.69) is 26.6 Å². The van der Waals surface area contributed by atoms with Gasteiger partial charge in [-0.25, -0.2) is 16.3 Å². The summed E-state index contributed by atoms with van der Waals surface area (Å²) in [5, 5.41) is 6.46. The van der Waals surface area contributed by atoms with Crippen LogP contribution in [0.15, 0.2) is 0 Å². The maximum atomic E-state index is 5.69. The van der Waals surface area contributed by atoms with Crippen molar-refractivity contribution in [2.75, 3.05) is 27.3 Å². The van der Waals surface area contributed by atoms with E-state index in [9.17, 15) is 0 Å². The molecule has 0 amide bonds. The summed E-state index contributed by atoms with van der Waals surface area (Å²) < 4.78 is 11.3. The first kappa shape index (κ1) is 17.5. The molecule has 0 bridgehead atoms. The number of piperidine rings is 1. The third-order valence-corrected chi connectivity index (χ3v) is 7.43. The number of nitrogens with zero attached hydrogens (tertiary/aromatic N) is 1. The van der Waals surface area contributed by atoms with Crippen LogP contribution in [0.25, 0.3) is 0 Å². The van der Waals surface area contributed by atoms with Gasteiger partial charge >= 0.3 is 0 Å². The highest BCUT2D eigenvalue weighted by molar-refractivity contribution is 8.00. The number of rotatable bonds is 4. The summed E-state index contributed by atoms with van der Waals surface area (Å²) in [6, 6.07) is 0. The van der Waals surface area contributed by atoms with Gasteiger partial charge in [0, 0.05) is 20.8 Å². The van der Waals surface area contributed by atoms with Crippen LogP contribution in [0.3, 0.4) is 0 Å². The van der Waals surface area contributed by atoms with Gasteiger partial charge in [-0.05, 0) is 50.5 Å². The highest BCUT2D eigenvalue weighted by Gasteiger charge is 2.48. The minimum atomic E-state index is 0.197. The fourth-order valence-electron chi connectivity index (χ4n) is 4.64. The predicted octanol–water partition coefficient (Wildman–Crippen LogP) is 0.413. The molecular weight excluding hydrogens is 326 g/mol. The maximum absolute atomic E-state index is 5.69. The summed E-state index contributed by atoms with van der Waals surface area (Å²) in [4.78, 5) is 0. The molecule has 0 aromatic rings. The molecule has 4 rings (SSSR count). The Morgan fingerprint density at radius 3 is 2.62 bits per heavy atom. The molecule has 4 fully saturated rings. The molecule has 3 aliphatic heterocycles. The van der Waals surface area contributed by atoms with E-state index in [4.69, 9.17) is 9.47 Å². The van der Waals surface area contributed by atoms with Crippen molar-refractivity contribution in [3.05, 3.63) is 0 Å². The Morgan fingerprint density at radius 1 is 1.00 bits per heavy atom. The molecule has 7 nitrogen and oxygen atoms in total. The first-order valence-electron chi connectivity index (χ1n) is 9.27. The zero-order valence-electron chi connectivity index (χ0n) is 14.7. The average molecular weight is 358 g/mol. The number of nitrogens with one attached hydrogen (secondary N) is 4. The maximum Gasteiger partial charge on any atom is 0.136 e. The molecule has 24 heavy (non-hydrogen) atoms. The Morgan fingerprint density at radius 2 is 1.88 bits per heavy atom. The van der Waals surface area contributed by atoms with Crippen LogP contribution >= 0.6 is 11.8 Å². The molecule has 0 aromatic heterocycles. The Kier molecular flexibility index (Phi) is 5.65. The van der Waals surface area contributed by atoms with E-state index in [-0.39, 0.29) is 12.2 Å². The summed E-state index contributed by atoms with van der Waals surface area (Å²) in [6.45, 7) is 2.30. The molecule has 7 unspecified atom stereocenters. The van der Waals surface area contributed by atoms with E-state index in [1.165, 1.54) is 25.8 Å². The molecule has 4 N–H and O–H groups in total. The molecule has 138 valence electrons. The number of methoxy groups -OCH3 is 2. The minimum absolute atomic E-state index is 0.197. The largest absolute Gasteiger partial charge is 0.379 e. The Hall–Kier alpha value is 0.0700. The molecule has 1 aliphatic carbocycles. The van der Waals surface area contributed by atoms with Crippen molar-refractivity contribution in [2.24, 2.45) is 11.8 Å². The first-order chi connectivity index (χ1) is 11.8. The van der Waals surface area contributed by atoms with Gasteiger partial charge in [-0.15, -0.1) is 11.8 Å². The smallest absolute Gasteiger partial charge is 0.136 e. The fraction of sp³-hybridized carbons (Fsp3) is 1.00. The number of thioether (sulfide) groups is 1. The first-order valence-corrected chi connectivity index (χ1v) is 10.2. The second kappa shape index (κ2) is 7.75. The SMILES string of the molecule is COC1CCC(C2NNC3SC(C4CCCNC4)NN32)CC1OC. The molecule has 0 radical (unpaired) electrons. The lowest BCUT2D eigenvalue weighted by Gasteiger charge is -2.39. The van der Waals surface area contributed by atoms with Gasteiger partial charge < -0.3 is 14.8 Å². The zero-order valence-corrected chi connectivity index (χ0v) is 15.5. The van der Waals surface area contributed by atoms with Gasteiger partial charge in [-0.2, -0.15) is 5.01 Å². The molecule has 7 atom stereocenters. The van der Waals surface area contributed by atoms with Gasteiger partial charge in [0.25, 0.3) is 0 Å². The Bertz CT molecular complexity index is 425. The van der Waals surface area contributed by atoms with Crippen molar-refractivity contribution in [3.8, 4) is 0 Å². The van der Waals surface area contributed by atoms with Crippen LogP contribution in [-0.2, 0) is 9.47 Å². The van der Waals surface area contributed by atoms with Crippen molar-refractivity contribution >= 4 is 11.8 Å². The van der Waals surface area contributed by atoms with E-state index in [1.54, 1.807) is 14.2 Å². The Balaban J connectivity index is 1.37. The number of hydrogen-bond acceptors (Lipinski definition) is 8. The van der Waals surface area contributed by atoms with Crippen LogP contribution in [0.1, 0.15) is 32.1 Å². The number of ether oxygens (including phenoxy) is 2. The molecule has 3 saturated heterocycles. The second-order valence-electron chi connectivity index (χ2n) is 7.41. The van der Waals surface area contributed by atoms with Gasteiger partial charge in [-0.1, -0.05) is 0 Å². The third-order valence-electron chi connectivity index (χ3n) is 6.05. The lowest BCUT2D eigenvalue weighted by atomic mass is 9.83. The van der Waals surface area contributed by atoms with E-state index in [0.29, 0.717) is 28.9 Å². The molecular formula is C16H31N5O2S. The van der Waals surface area contributed by atoms with Gasteiger partial charge in [0.2, 0.25) is 0 Å². The standard InChI is InChI=1S/C16H31N5O2S/c1-22-12-6-5-10(8-13(12)23-2)14-18-19-16-21(14)20-15(24-16)11-4-3-7-17-9-11/h10-20H,3-9H2,1-2H3. The van der Waals surface area contributed by atoms with Gasteiger partial charge in [-0.3, -0.25) is 0 Å². The van der Waals surface area contributed by atoms with Crippen molar-refractivity contribution in [1.29, 1.82) is 0 Å². The van der Waals surface area contributed by atoms with Crippen LogP contribution in [0.4, 0.5) is 0 Å². The zero-order chi connectivity index (χ0) is 16.5. The third kappa shape index (κ3) is 3.35. The predicted molar refractivity (Wildman–Crippen MR) is 94.7 cm³/mol. The summed E-state index contributed by atoms with van der Waals surface area (Å²) >= 11 is 2.01. The van der Waals surface area contributed by atoms with Crippen molar-refractivity contribution in [1.82, 2.24) is 26.6 Å². The molecule has 4 aliphatic rings. The summed E-state index contributed by atoms with van der Waals surface area (Å²) in [5.41, 5.74) is 11.1. The van der Waals surface area contributed by atoms with Crippen molar-refractivity contribution in [2.45, 2.75) is 61.3 Å². The van der Waals surface area contributed by atoms with Crippen LogP contribution < -0.4 is 21.6 Å². The lowest BCUT2D eigenvalue weighted by Crippen LogP contribution is -2.54. The monoisotopic (exact) mass is 357 g/mol. The van der Waals surface area contributed by atoms with Crippen LogP contribution in [0.5, 0.6) is 0 Å². The second-order valence-corrected chi connectivity index (χ2v) is 8.63. The van der Waals surface area contributed by atoms with Crippen LogP contribution in [-0.4, -0.2) is 61.6 Å². The minimum Gasteiger partial charge on any atom is -0.379 e. The highest BCUT2D eigenvalue weighted by Crippen LogP contribution is 2.39. The van der Waals surface area contributed by atoms with Gasteiger partial charge in [0.1, 0.15) is 5.50 Å². The molecule has 0 spiro atoms. The van der Waals surface area contributed by atoms with E-state index < -0.39 is 0 Å². The van der Waals surface area contributed by atoms with E-state index in [0.717, 1.165) is 19.4 Å². The summed E-state index contributed by atoms with van der Waals surface area (Å²) in [7, 11) is 3.60. The average Bonchev–Trinajstić information content (AvgIpc) is 3.22. The summed E-state index contributed by atoms with van der Waals surface area (Å²) in [5.74, 6) is 1.28. The summed E-state index contributed by atoms with van der Waals surface area (Å²) in [6.07, 6.45) is 6.64. The quantitative estimate of drug-likeness (QED) is 0.577. The normalized spacial score (nSPS) is 47.0.